The molecule has 0 amide bonds. The fraction of sp³-hybridized carbons (Fsp3) is 0.647. The van der Waals surface area contributed by atoms with E-state index in [1.165, 1.54) is 51.9 Å². The molecule has 19 heavy (non-hydrogen) atoms. The van der Waals surface area contributed by atoms with Gasteiger partial charge in [0.25, 0.3) is 0 Å². The number of nitrogens with zero attached hydrogens (tertiary/aromatic N) is 1. The van der Waals surface area contributed by atoms with Gasteiger partial charge in [0.1, 0.15) is 0 Å². The van der Waals surface area contributed by atoms with Crippen molar-refractivity contribution >= 4 is 0 Å². The number of hydrogen-bond acceptors (Lipinski definition) is 2. The van der Waals surface area contributed by atoms with Crippen LogP contribution in [0.15, 0.2) is 24.3 Å². The highest BCUT2D eigenvalue weighted by Crippen LogP contribution is 2.35. The number of nitrogens with one attached hydrogen (secondary N) is 1. The highest BCUT2D eigenvalue weighted by atomic mass is 15.1. The van der Waals surface area contributed by atoms with E-state index in [0.29, 0.717) is 0 Å². The zero-order valence-electron chi connectivity index (χ0n) is 12.1. The minimum Gasteiger partial charge on any atom is -0.316 e. The van der Waals surface area contributed by atoms with E-state index < -0.39 is 0 Å². The van der Waals surface area contributed by atoms with Crippen molar-refractivity contribution in [3.63, 3.8) is 0 Å². The summed E-state index contributed by atoms with van der Waals surface area (Å²) in [5.41, 5.74) is 3.27. The van der Waals surface area contributed by atoms with E-state index in [4.69, 9.17) is 0 Å². The van der Waals surface area contributed by atoms with Crippen LogP contribution < -0.4 is 5.32 Å². The van der Waals surface area contributed by atoms with Crippen molar-refractivity contribution in [2.45, 2.75) is 37.5 Å². The molecule has 3 rings (SSSR count). The second kappa shape index (κ2) is 6.06. The van der Waals surface area contributed by atoms with Gasteiger partial charge in [-0.2, -0.15) is 0 Å². The maximum Gasteiger partial charge on any atom is 0.00207 e. The fourth-order valence-electron chi connectivity index (χ4n) is 3.73. The molecule has 0 saturated carbocycles. The summed E-state index contributed by atoms with van der Waals surface area (Å²) in [6, 6.07) is 9.22. The average Bonchev–Trinajstić information content (AvgIpc) is 2.88. The van der Waals surface area contributed by atoms with Crippen molar-refractivity contribution in [1.29, 1.82) is 0 Å². The molecule has 2 saturated heterocycles. The summed E-state index contributed by atoms with van der Waals surface area (Å²) < 4.78 is 0. The lowest BCUT2D eigenvalue weighted by molar-refractivity contribution is 0.347. The van der Waals surface area contributed by atoms with Gasteiger partial charge in [-0.3, -0.25) is 0 Å². The lowest BCUT2D eigenvalue weighted by atomic mass is 9.83. The Morgan fingerprint density at radius 2 is 1.79 bits per heavy atom. The standard InChI is InChI=1S/C17H26N2/c1-19-11-4-5-14(9-12-19)16-6-2-3-7-17(16)15-8-10-18-13-15/h2-3,6-7,14-15,18H,4-5,8-13H2,1H3. The molecule has 2 heteroatoms. The molecule has 0 spiro atoms. The predicted molar refractivity (Wildman–Crippen MR) is 80.8 cm³/mol. The third kappa shape index (κ3) is 3.01. The smallest absolute Gasteiger partial charge is 0.00207 e. The lowest BCUT2D eigenvalue weighted by Crippen LogP contribution is -2.18. The summed E-state index contributed by atoms with van der Waals surface area (Å²) in [7, 11) is 2.26. The van der Waals surface area contributed by atoms with Crippen LogP contribution in [0.2, 0.25) is 0 Å². The van der Waals surface area contributed by atoms with Crippen LogP contribution in [0.3, 0.4) is 0 Å². The minimum absolute atomic E-state index is 0.747. The van der Waals surface area contributed by atoms with E-state index in [1.807, 2.05) is 0 Å². The van der Waals surface area contributed by atoms with Gasteiger partial charge in [0.05, 0.1) is 0 Å². The van der Waals surface area contributed by atoms with Crippen LogP contribution in [-0.4, -0.2) is 38.1 Å². The highest BCUT2D eigenvalue weighted by Gasteiger charge is 2.24. The van der Waals surface area contributed by atoms with Crippen LogP contribution in [0.5, 0.6) is 0 Å². The van der Waals surface area contributed by atoms with Crippen LogP contribution in [0.25, 0.3) is 0 Å². The summed E-state index contributed by atoms with van der Waals surface area (Å²) in [6.45, 7) is 4.88. The summed E-state index contributed by atoms with van der Waals surface area (Å²) in [5.74, 6) is 1.53. The first-order valence-corrected chi connectivity index (χ1v) is 7.82. The number of hydrogen-bond donors (Lipinski definition) is 1. The van der Waals surface area contributed by atoms with Gasteiger partial charge in [-0.1, -0.05) is 24.3 Å². The molecular formula is C17H26N2. The normalized spacial score (nSPS) is 29.3. The Labute approximate surface area is 117 Å². The Hall–Kier alpha value is -0.860. The zero-order valence-corrected chi connectivity index (χ0v) is 12.1. The topological polar surface area (TPSA) is 15.3 Å². The lowest BCUT2D eigenvalue weighted by Gasteiger charge is -2.22. The molecule has 104 valence electrons. The second-order valence-electron chi connectivity index (χ2n) is 6.25. The molecule has 0 radical (unpaired) electrons. The minimum atomic E-state index is 0.747. The zero-order chi connectivity index (χ0) is 13.1. The van der Waals surface area contributed by atoms with Crippen LogP contribution in [0.1, 0.15) is 48.6 Å². The van der Waals surface area contributed by atoms with E-state index in [-0.39, 0.29) is 0 Å². The first-order valence-electron chi connectivity index (χ1n) is 7.82. The molecule has 1 aromatic rings. The molecule has 2 nitrogen and oxygen atoms in total. The first-order chi connectivity index (χ1) is 9.34. The Morgan fingerprint density at radius 1 is 1.00 bits per heavy atom. The van der Waals surface area contributed by atoms with Crippen LogP contribution in [-0.2, 0) is 0 Å². The maximum absolute atomic E-state index is 3.51. The number of benzene rings is 1. The molecule has 2 aliphatic rings. The van der Waals surface area contributed by atoms with Gasteiger partial charge in [0.15, 0.2) is 0 Å². The van der Waals surface area contributed by atoms with Gasteiger partial charge in [-0.05, 0) is 75.3 Å². The molecule has 0 aliphatic carbocycles. The first kappa shape index (κ1) is 13.1. The predicted octanol–water partition coefficient (Wildman–Crippen LogP) is 2.96. The van der Waals surface area contributed by atoms with Gasteiger partial charge >= 0.3 is 0 Å². The van der Waals surface area contributed by atoms with E-state index in [2.05, 4.69) is 41.5 Å². The molecule has 2 fully saturated rings. The molecule has 0 bridgehead atoms. The van der Waals surface area contributed by atoms with E-state index in [9.17, 15) is 0 Å². The molecule has 2 heterocycles. The van der Waals surface area contributed by atoms with Gasteiger partial charge in [-0.15, -0.1) is 0 Å². The third-order valence-electron chi connectivity index (χ3n) is 4.89. The van der Waals surface area contributed by atoms with E-state index in [1.54, 1.807) is 11.1 Å². The quantitative estimate of drug-likeness (QED) is 0.877. The molecule has 2 aliphatic heterocycles. The Bertz CT molecular complexity index is 409. The average molecular weight is 258 g/mol. The third-order valence-corrected chi connectivity index (χ3v) is 4.89. The number of likely N-dealkylation sites (tertiary alicyclic amines) is 1. The maximum atomic E-state index is 3.51. The summed E-state index contributed by atoms with van der Waals surface area (Å²) in [6.07, 6.45) is 5.34. The van der Waals surface area contributed by atoms with Crippen molar-refractivity contribution in [1.82, 2.24) is 10.2 Å². The Balaban J connectivity index is 1.82. The molecule has 0 aromatic heterocycles. The van der Waals surface area contributed by atoms with Crippen molar-refractivity contribution < 1.29 is 0 Å². The molecule has 2 atom stereocenters. The number of rotatable bonds is 2. The van der Waals surface area contributed by atoms with Crippen LogP contribution in [0, 0.1) is 0 Å². The largest absolute Gasteiger partial charge is 0.316 e. The fourth-order valence-corrected chi connectivity index (χ4v) is 3.73. The Morgan fingerprint density at radius 3 is 2.53 bits per heavy atom. The van der Waals surface area contributed by atoms with Crippen molar-refractivity contribution in [3.8, 4) is 0 Å². The SMILES string of the molecule is CN1CCCC(c2ccccc2C2CCNC2)CC1. The summed E-state index contributed by atoms with van der Waals surface area (Å²) in [4.78, 5) is 2.49. The summed E-state index contributed by atoms with van der Waals surface area (Å²) >= 11 is 0. The van der Waals surface area contributed by atoms with E-state index >= 15 is 0 Å². The van der Waals surface area contributed by atoms with Crippen molar-refractivity contribution in [2.75, 3.05) is 33.2 Å². The van der Waals surface area contributed by atoms with Gasteiger partial charge in [-0.25, -0.2) is 0 Å². The van der Waals surface area contributed by atoms with Gasteiger partial charge in [0, 0.05) is 6.54 Å². The second-order valence-corrected chi connectivity index (χ2v) is 6.25. The van der Waals surface area contributed by atoms with Crippen LogP contribution >= 0.6 is 0 Å². The molecule has 1 N–H and O–H groups in total. The monoisotopic (exact) mass is 258 g/mol. The van der Waals surface area contributed by atoms with Gasteiger partial charge < -0.3 is 10.2 Å². The van der Waals surface area contributed by atoms with Crippen molar-refractivity contribution in [2.24, 2.45) is 0 Å². The van der Waals surface area contributed by atoms with E-state index in [0.717, 1.165) is 11.8 Å². The van der Waals surface area contributed by atoms with Gasteiger partial charge in [0.2, 0.25) is 0 Å². The molecule has 2 unspecified atom stereocenters. The summed E-state index contributed by atoms with van der Waals surface area (Å²) in [5, 5.41) is 3.51. The van der Waals surface area contributed by atoms with Crippen LogP contribution in [0.4, 0.5) is 0 Å². The molecular weight excluding hydrogens is 232 g/mol. The Kier molecular flexibility index (Phi) is 4.19. The van der Waals surface area contributed by atoms with Crippen molar-refractivity contribution in [3.05, 3.63) is 35.4 Å². The molecule has 1 aromatic carbocycles. The highest BCUT2D eigenvalue weighted by molar-refractivity contribution is 5.34.